The van der Waals surface area contributed by atoms with Crippen molar-refractivity contribution in [1.82, 2.24) is 19.4 Å². The van der Waals surface area contributed by atoms with Crippen LogP contribution in [0.3, 0.4) is 0 Å². The zero-order valence-electron chi connectivity index (χ0n) is 17.7. The predicted octanol–water partition coefficient (Wildman–Crippen LogP) is 2.03. The number of fused-ring (bicyclic) bond motifs is 4. The summed E-state index contributed by atoms with van der Waals surface area (Å²) in [5.74, 6) is 1.29. The van der Waals surface area contributed by atoms with Gasteiger partial charge in [0.05, 0.1) is 11.5 Å². The van der Waals surface area contributed by atoms with Crippen LogP contribution in [0.25, 0.3) is 0 Å². The molecule has 5 heterocycles. The third-order valence-electron chi connectivity index (χ3n) is 7.15. The first kappa shape index (κ1) is 19.7. The predicted molar refractivity (Wildman–Crippen MR) is 115 cm³/mol. The smallest absolute Gasteiger partial charge is 0.263 e. The molecule has 2 aromatic heterocycles. The fourth-order valence-electron chi connectivity index (χ4n) is 5.25. The van der Waals surface area contributed by atoms with Crippen molar-refractivity contribution in [3.63, 3.8) is 0 Å². The fraction of sp³-hybridized carbons (Fsp3) is 0.522. The Labute approximate surface area is 181 Å². The van der Waals surface area contributed by atoms with E-state index in [1.807, 2.05) is 23.6 Å². The molecule has 1 amide bonds. The Morgan fingerprint density at radius 2 is 2.00 bits per heavy atom. The first-order valence-corrected chi connectivity index (χ1v) is 10.9. The van der Waals surface area contributed by atoms with Gasteiger partial charge >= 0.3 is 0 Å². The molecule has 8 heteroatoms. The summed E-state index contributed by atoms with van der Waals surface area (Å²) in [6, 6.07) is 7.94. The summed E-state index contributed by atoms with van der Waals surface area (Å²) in [4.78, 5) is 38.8. The summed E-state index contributed by atoms with van der Waals surface area (Å²) in [7, 11) is 0. The van der Waals surface area contributed by atoms with Crippen LogP contribution in [0.1, 0.15) is 48.2 Å². The van der Waals surface area contributed by atoms with Crippen molar-refractivity contribution < 1.29 is 4.79 Å². The Bertz CT molecular complexity index is 1100. The molecule has 31 heavy (non-hydrogen) atoms. The van der Waals surface area contributed by atoms with E-state index in [0.29, 0.717) is 38.4 Å². The van der Waals surface area contributed by atoms with Gasteiger partial charge in [-0.15, -0.1) is 0 Å². The second-order valence-corrected chi connectivity index (χ2v) is 9.32. The molecule has 2 saturated heterocycles. The molecule has 8 nitrogen and oxygen atoms in total. The largest absolute Gasteiger partial charge is 0.356 e. The lowest BCUT2D eigenvalue weighted by atomic mass is 9.81. The molecule has 0 aliphatic carbocycles. The fourth-order valence-corrected chi connectivity index (χ4v) is 5.25. The number of carbonyl (C=O) groups excluding carboxylic acids is 1. The summed E-state index contributed by atoms with van der Waals surface area (Å²) < 4.78 is 1.83. The quantitative estimate of drug-likeness (QED) is 0.741. The van der Waals surface area contributed by atoms with Crippen molar-refractivity contribution >= 4 is 11.7 Å². The highest BCUT2D eigenvalue weighted by Gasteiger charge is 2.37. The van der Waals surface area contributed by atoms with Gasteiger partial charge in [-0.2, -0.15) is 5.26 Å². The Hall–Kier alpha value is -3.21. The average molecular weight is 419 g/mol. The van der Waals surface area contributed by atoms with Gasteiger partial charge in [0.1, 0.15) is 17.7 Å². The Morgan fingerprint density at radius 1 is 1.19 bits per heavy atom. The number of nitriles is 1. The normalized spacial score (nSPS) is 24.3. The minimum Gasteiger partial charge on any atom is -0.356 e. The molecule has 2 aromatic rings. The standard InChI is InChI=1S/C23H26N6O2/c1-23(14-24)5-8-27(9-6-23)21(30)18-2-3-19-17-10-16(12-29(19)22(18)31)11-28(13-17)20-4-7-25-15-26-20/h2-4,7,15-17H,5-6,8-13H2,1H3/t16-,17+/m0/s1. The van der Waals surface area contributed by atoms with E-state index in [1.165, 1.54) is 0 Å². The van der Waals surface area contributed by atoms with Crippen molar-refractivity contribution in [1.29, 1.82) is 5.26 Å². The van der Waals surface area contributed by atoms with E-state index in [4.69, 9.17) is 0 Å². The SMILES string of the molecule is CC1(C#N)CCN(C(=O)c2ccc3n(c2=O)C[C@H]2C[C@@H]3CN(c3ccncn3)C2)CC1. The van der Waals surface area contributed by atoms with Crippen LogP contribution in [0.15, 0.2) is 35.5 Å². The number of pyridine rings is 1. The van der Waals surface area contributed by atoms with Gasteiger partial charge in [0.25, 0.3) is 11.5 Å². The van der Waals surface area contributed by atoms with Crippen LogP contribution in [0.4, 0.5) is 5.82 Å². The van der Waals surface area contributed by atoms with E-state index in [0.717, 1.165) is 31.0 Å². The highest BCUT2D eigenvalue weighted by Crippen LogP contribution is 2.36. The number of nitrogens with zero attached hydrogens (tertiary/aromatic N) is 6. The molecule has 0 radical (unpaired) electrons. The average Bonchev–Trinajstić information content (AvgIpc) is 2.80. The number of rotatable bonds is 2. The Morgan fingerprint density at radius 3 is 2.71 bits per heavy atom. The second-order valence-electron chi connectivity index (χ2n) is 9.32. The van der Waals surface area contributed by atoms with Crippen LogP contribution in [-0.2, 0) is 6.54 Å². The third kappa shape index (κ3) is 3.48. The minimum absolute atomic E-state index is 0.179. The molecule has 0 unspecified atom stereocenters. The van der Waals surface area contributed by atoms with Crippen LogP contribution in [0, 0.1) is 22.7 Å². The third-order valence-corrected chi connectivity index (χ3v) is 7.15. The maximum atomic E-state index is 13.3. The summed E-state index contributed by atoms with van der Waals surface area (Å²) in [6.45, 7) is 5.24. The number of hydrogen-bond donors (Lipinski definition) is 0. The van der Waals surface area contributed by atoms with Gasteiger partial charge in [-0.1, -0.05) is 0 Å². The molecular weight excluding hydrogens is 392 g/mol. The van der Waals surface area contributed by atoms with E-state index >= 15 is 0 Å². The topological polar surface area (TPSA) is 95.1 Å². The Kier molecular flexibility index (Phi) is 4.77. The van der Waals surface area contributed by atoms with Crippen LogP contribution in [0.5, 0.6) is 0 Å². The number of carbonyl (C=O) groups is 1. The number of likely N-dealkylation sites (tertiary alicyclic amines) is 1. The molecule has 2 fully saturated rings. The maximum absolute atomic E-state index is 13.3. The zero-order valence-corrected chi connectivity index (χ0v) is 17.7. The zero-order chi connectivity index (χ0) is 21.6. The van der Waals surface area contributed by atoms with Gasteiger partial charge in [0, 0.05) is 50.5 Å². The number of hydrogen-bond acceptors (Lipinski definition) is 6. The molecule has 0 saturated carbocycles. The summed E-state index contributed by atoms with van der Waals surface area (Å²) in [6.07, 6.45) is 5.65. The van der Waals surface area contributed by atoms with Crippen molar-refractivity contribution in [3.05, 3.63) is 52.3 Å². The van der Waals surface area contributed by atoms with E-state index < -0.39 is 0 Å². The number of aromatic nitrogens is 3. The van der Waals surface area contributed by atoms with Crippen LogP contribution in [-0.4, -0.2) is 51.5 Å². The number of amides is 1. The van der Waals surface area contributed by atoms with Crippen molar-refractivity contribution in [2.75, 3.05) is 31.1 Å². The van der Waals surface area contributed by atoms with Gasteiger partial charge in [-0.25, -0.2) is 9.97 Å². The van der Waals surface area contributed by atoms with Gasteiger partial charge < -0.3 is 14.4 Å². The highest BCUT2D eigenvalue weighted by molar-refractivity contribution is 5.94. The summed E-state index contributed by atoms with van der Waals surface area (Å²) in [5.41, 5.74) is 0.694. The lowest BCUT2D eigenvalue weighted by molar-refractivity contribution is 0.0658. The first-order valence-electron chi connectivity index (χ1n) is 10.9. The summed E-state index contributed by atoms with van der Waals surface area (Å²) in [5, 5.41) is 9.32. The molecule has 3 aliphatic rings. The van der Waals surface area contributed by atoms with Crippen LogP contribution in [0.2, 0.25) is 0 Å². The van der Waals surface area contributed by atoms with Crippen molar-refractivity contribution in [2.45, 2.75) is 38.6 Å². The lowest BCUT2D eigenvalue weighted by Crippen LogP contribution is -2.49. The molecule has 5 rings (SSSR count). The van der Waals surface area contributed by atoms with Gasteiger partial charge in [-0.05, 0) is 50.3 Å². The molecule has 160 valence electrons. The second kappa shape index (κ2) is 7.49. The molecule has 2 bridgehead atoms. The molecular formula is C23H26N6O2. The van der Waals surface area contributed by atoms with Gasteiger partial charge in [0.15, 0.2) is 0 Å². The monoisotopic (exact) mass is 418 g/mol. The molecule has 0 aromatic carbocycles. The number of piperidine rings is 2. The van der Waals surface area contributed by atoms with Gasteiger partial charge in [-0.3, -0.25) is 9.59 Å². The van der Waals surface area contributed by atoms with Crippen LogP contribution < -0.4 is 10.5 Å². The van der Waals surface area contributed by atoms with Gasteiger partial charge in [0.2, 0.25) is 0 Å². The Balaban J connectivity index is 1.38. The first-order chi connectivity index (χ1) is 15.0. The highest BCUT2D eigenvalue weighted by atomic mass is 16.2. The maximum Gasteiger partial charge on any atom is 0.263 e. The van der Waals surface area contributed by atoms with E-state index in [-0.39, 0.29) is 28.4 Å². The van der Waals surface area contributed by atoms with E-state index in [1.54, 1.807) is 23.5 Å². The molecule has 3 aliphatic heterocycles. The molecule has 0 N–H and O–H groups in total. The molecule has 0 spiro atoms. The minimum atomic E-state index is -0.380. The van der Waals surface area contributed by atoms with Crippen molar-refractivity contribution in [3.8, 4) is 6.07 Å². The number of anilines is 1. The lowest BCUT2D eigenvalue weighted by Gasteiger charge is -2.43. The van der Waals surface area contributed by atoms with Crippen LogP contribution >= 0.6 is 0 Å². The summed E-state index contributed by atoms with van der Waals surface area (Å²) >= 11 is 0. The van der Waals surface area contributed by atoms with E-state index in [2.05, 4.69) is 20.9 Å². The van der Waals surface area contributed by atoms with Crippen molar-refractivity contribution in [2.24, 2.45) is 11.3 Å². The van der Waals surface area contributed by atoms with E-state index in [9.17, 15) is 14.9 Å². The molecule has 2 atom stereocenters.